The maximum atomic E-state index is 5.86. The molecule has 0 amide bonds. The van der Waals surface area contributed by atoms with Gasteiger partial charge in [-0.1, -0.05) is 0 Å². The molecule has 1 aromatic heterocycles. The third kappa shape index (κ3) is 1.72. The van der Waals surface area contributed by atoms with Crippen LogP contribution in [0.15, 0.2) is 6.07 Å². The zero-order valence-corrected chi connectivity index (χ0v) is 9.69. The average Bonchev–Trinajstić information content (AvgIpc) is 3.01. The van der Waals surface area contributed by atoms with Crippen molar-refractivity contribution >= 4 is 11.6 Å². The molecule has 4 nitrogen and oxygen atoms in total. The number of anilines is 2. The fraction of sp³-hybridized carbons (Fsp3) is 0.667. The van der Waals surface area contributed by atoms with Gasteiger partial charge in [-0.15, -0.1) is 0 Å². The van der Waals surface area contributed by atoms with Crippen LogP contribution in [0.1, 0.15) is 44.3 Å². The van der Waals surface area contributed by atoms with E-state index in [0.717, 1.165) is 18.2 Å². The molecule has 1 saturated heterocycles. The van der Waals surface area contributed by atoms with E-state index < -0.39 is 0 Å². The molecule has 0 bridgehead atoms. The summed E-state index contributed by atoms with van der Waals surface area (Å²) in [7, 11) is 0. The normalized spacial score (nSPS) is 25.1. The first kappa shape index (κ1) is 9.87. The van der Waals surface area contributed by atoms with Crippen LogP contribution < -0.4 is 10.6 Å². The van der Waals surface area contributed by atoms with E-state index in [2.05, 4.69) is 21.8 Å². The van der Waals surface area contributed by atoms with E-state index in [1.165, 1.54) is 25.7 Å². The van der Waals surface area contributed by atoms with E-state index in [1.807, 2.05) is 6.07 Å². The molecule has 1 aliphatic heterocycles. The van der Waals surface area contributed by atoms with Crippen LogP contribution in [0.25, 0.3) is 0 Å². The molecule has 4 heteroatoms. The van der Waals surface area contributed by atoms with Gasteiger partial charge in [-0.2, -0.15) is 0 Å². The molecular weight excluding hydrogens is 200 g/mol. The van der Waals surface area contributed by atoms with Crippen molar-refractivity contribution < 1.29 is 0 Å². The molecule has 3 rings (SSSR count). The summed E-state index contributed by atoms with van der Waals surface area (Å²) in [4.78, 5) is 11.3. The molecule has 0 spiro atoms. The van der Waals surface area contributed by atoms with Gasteiger partial charge in [0.25, 0.3) is 0 Å². The number of nitrogens with two attached hydrogens (primary N) is 1. The first-order chi connectivity index (χ1) is 7.74. The maximum absolute atomic E-state index is 5.86. The van der Waals surface area contributed by atoms with Crippen molar-refractivity contribution in [2.24, 2.45) is 0 Å². The van der Waals surface area contributed by atoms with Crippen molar-refractivity contribution in [1.29, 1.82) is 0 Å². The third-order valence-electron chi connectivity index (χ3n) is 3.54. The van der Waals surface area contributed by atoms with E-state index in [9.17, 15) is 0 Å². The first-order valence-electron chi connectivity index (χ1n) is 6.15. The molecule has 86 valence electrons. The SMILES string of the molecule is CC1CCCN1c1cc(N)nc(C2CC2)n1. The van der Waals surface area contributed by atoms with Crippen LogP contribution in [0.2, 0.25) is 0 Å². The van der Waals surface area contributed by atoms with Crippen LogP contribution >= 0.6 is 0 Å². The Hall–Kier alpha value is -1.32. The Kier molecular flexibility index (Phi) is 2.23. The summed E-state index contributed by atoms with van der Waals surface area (Å²) in [5.74, 6) is 3.17. The van der Waals surface area contributed by atoms with Crippen molar-refractivity contribution in [2.75, 3.05) is 17.2 Å². The van der Waals surface area contributed by atoms with Gasteiger partial charge in [0.15, 0.2) is 0 Å². The first-order valence-corrected chi connectivity index (χ1v) is 6.15. The fourth-order valence-corrected chi connectivity index (χ4v) is 2.42. The largest absolute Gasteiger partial charge is 0.384 e. The second-order valence-corrected chi connectivity index (χ2v) is 4.97. The van der Waals surface area contributed by atoms with Crippen molar-refractivity contribution in [3.05, 3.63) is 11.9 Å². The van der Waals surface area contributed by atoms with Crippen molar-refractivity contribution in [3.63, 3.8) is 0 Å². The van der Waals surface area contributed by atoms with Gasteiger partial charge in [-0.3, -0.25) is 0 Å². The van der Waals surface area contributed by atoms with E-state index in [0.29, 0.717) is 17.8 Å². The molecule has 2 aliphatic rings. The lowest BCUT2D eigenvalue weighted by Gasteiger charge is -2.23. The Labute approximate surface area is 95.9 Å². The lowest BCUT2D eigenvalue weighted by atomic mass is 10.2. The molecule has 1 saturated carbocycles. The predicted octanol–water partition coefficient (Wildman–Crippen LogP) is 1.92. The van der Waals surface area contributed by atoms with Gasteiger partial charge >= 0.3 is 0 Å². The van der Waals surface area contributed by atoms with Crippen LogP contribution in [0.3, 0.4) is 0 Å². The van der Waals surface area contributed by atoms with Crippen LogP contribution in [0.5, 0.6) is 0 Å². The maximum Gasteiger partial charge on any atom is 0.136 e. The minimum Gasteiger partial charge on any atom is -0.384 e. The lowest BCUT2D eigenvalue weighted by Crippen LogP contribution is -2.27. The molecule has 16 heavy (non-hydrogen) atoms. The summed E-state index contributed by atoms with van der Waals surface area (Å²) in [6.45, 7) is 3.35. The summed E-state index contributed by atoms with van der Waals surface area (Å²) in [5, 5.41) is 0. The van der Waals surface area contributed by atoms with Gasteiger partial charge in [0.1, 0.15) is 17.5 Å². The van der Waals surface area contributed by atoms with Crippen LogP contribution in [0.4, 0.5) is 11.6 Å². The quantitative estimate of drug-likeness (QED) is 0.824. The lowest BCUT2D eigenvalue weighted by molar-refractivity contribution is 0.722. The number of hydrogen-bond donors (Lipinski definition) is 1. The predicted molar refractivity (Wildman–Crippen MR) is 64.5 cm³/mol. The average molecular weight is 218 g/mol. The van der Waals surface area contributed by atoms with Crippen LogP contribution in [-0.2, 0) is 0 Å². The summed E-state index contributed by atoms with van der Waals surface area (Å²) >= 11 is 0. The van der Waals surface area contributed by atoms with Crippen molar-refractivity contribution in [3.8, 4) is 0 Å². The summed E-state index contributed by atoms with van der Waals surface area (Å²) in [6, 6.07) is 2.50. The van der Waals surface area contributed by atoms with Crippen LogP contribution in [0, 0.1) is 0 Å². The van der Waals surface area contributed by atoms with E-state index in [-0.39, 0.29) is 0 Å². The number of rotatable bonds is 2. The van der Waals surface area contributed by atoms with Crippen molar-refractivity contribution in [2.45, 2.75) is 44.6 Å². The Morgan fingerprint density at radius 2 is 2.12 bits per heavy atom. The molecule has 1 atom stereocenters. The van der Waals surface area contributed by atoms with Gasteiger partial charge in [-0.25, -0.2) is 9.97 Å². The topological polar surface area (TPSA) is 55.0 Å². The molecule has 1 aliphatic carbocycles. The molecule has 1 unspecified atom stereocenters. The second-order valence-electron chi connectivity index (χ2n) is 4.97. The second kappa shape index (κ2) is 3.61. The highest BCUT2D eigenvalue weighted by Crippen LogP contribution is 2.39. The third-order valence-corrected chi connectivity index (χ3v) is 3.54. The smallest absolute Gasteiger partial charge is 0.136 e. The van der Waals surface area contributed by atoms with E-state index in [4.69, 9.17) is 5.73 Å². The van der Waals surface area contributed by atoms with E-state index in [1.54, 1.807) is 0 Å². The number of aromatic nitrogens is 2. The van der Waals surface area contributed by atoms with Crippen LogP contribution in [-0.4, -0.2) is 22.6 Å². The van der Waals surface area contributed by atoms with Gasteiger partial charge in [0.05, 0.1) is 0 Å². The molecule has 2 N–H and O–H groups in total. The molecule has 2 fully saturated rings. The molecule has 1 aromatic rings. The van der Waals surface area contributed by atoms with Crippen molar-refractivity contribution in [1.82, 2.24) is 9.97 Å². The Balaban J connectivity index is 1.93. The molecular formula is C12H18N4. The van der Waals surface area contributed by atoms with Gasteiger partial charge in [0.2, 0.25) is 0 Å². The highest BCUT2D eigenvalue weighted by atomic mass is 15.2. The van der Waals surface area contributed by atoms with Gasteiger partial charge in [0, 0.05) is 24.6 Å². The minimum atomic E-state index is 0.570. The zero-order valence-electron chi connectivity index (χ0n) is 9.69. The molecule has 0 aromatic carbocycles. The summed E-state index contributed by atoms with van der Waals surface area (Å²) < 4.78 is 0. The molecule has 2 heterocycles. The Bertz CT molecular complexity index is 400. The standard InChI is InChI=1S/C12H18N4/c1-8-3-2-6-16(8)11-7-10(13)14-12(15-11)9-4-5-9/h7-9H,2-6H2,1H3,(H2,13,14,15). The monoisotopic (exact) mass is 218 g/mol. The van der Waals surface area contributed by atoms with Gasteiger partial charge in [-0.05, 0) is 32.6 Å². The zero-order chi connectivity index (χ0) is 11.1. The highest BCUT2D eigenvalue weighted by Gasteiger charge is 2.29. The Morgan fingerprint density at radius 1 is 1.31 bits per heavy atom. The van der Waals surface area contributed by atoms with Gasteiger partial charge < -0.3 is 10.6 Å². The van der Waals surface area contributed by atoms with E-state index >= 15 is 0 Å². The molecule has 0 radical (unpaired) electrons. The number of nitrogen functional groups attached to an aromatic ring is 1. The minimum absolute atomic E-state index is 0.570. The number of nitrogens with zero attached hydrogens (tertiary/aromatic N) is 3. The Morgan fingerprint density at radius 3 is 2.75 bits per heavy atom. The fourth-order valence-electron chi connectivity index (χ4n) is 2.42. The number of hydrogen-bond acceptors (Lipinski definition) is 4. The summed E-state index contributed by atoms with van der Waals surface area (Å²) in [6.07, 6.45) is 4.95. The highest BCUT2D eigenvalue weighted by molar-refractivity contribution is 5.49. The summed E-state index contributed by atoms with van der Waals surface area (Å²) in [5.41, 5.74) is 5.86.